The summed E-state index contributed by atoms with van der Waals surface area (Å²) >= 11 is 0. The summed E-state index contributed by atoms with van der Waals surface area (Å²) in [6, 6.07) is 0. The minimum Gasteiger partial charge on any atom is -0.493 e. The van der Waals surface area contributed by atoms with Gasteiger partial charge >= 0.3 is 0 Å². The third-order valence-electron chi connectivity index (χ3n) is 2.18. The van der Waals surface area contributed by atoms with Crippen molar-refractivity contribution in [1.82, 2.24) is 0 Å². The van der Waals surface area contributed by atoms with Crippen LogP contribution in [0, 0.1) is 10.1 Å². The van der Waals surface area contributed by atoms with Crippen LogP contribution in [0.15, 0.2) is 36.3 Å². The summed E-state index contributed by atoms with van der Waals surface area (Å²) < 4.78 is 5.25. The van der Waals surface area contributed by atoms with Crippen molar-refractivity contribution in [1.29, 1.82) is 0 Å². The molecule has 76 valence electrons. The maximum Gasteiger partial charge on any atom is 0.271 e. The molecule has 0 amide bonds. The first-order valence-electron chi connectivity index (χ1n) is 4.51. The molecular weight excluding hydrogens is 182 g/mol. The number of rotatable bonds is 4. The van der Waals surface area contributed by atoms with Crippen molar-refractivity contribution in [3.05, 3.63) is 46.4 Å². The van der Waals surface area contributed by atoms with Gasteiger partial charge in [-0.3, -0.25) is 10.1 Å². The molecule has 1 atom stereocenters. The summed E-state index contributed by atoms with van der Waals surface area (Å²) in [5.74, 6) is 0. The zero-order chi connectivity index (χ0) is 10.6. The van der Waals surface area contributed by atoms with E-state index in [2.05, 4.69) is 6.58 Å². The summed E-state index contributed by atoms with van der Waals surface area (Å²) in [4.78, 5) is 10.3. The highest BCUT2D eigenvalue weighted by Gasteiger charge is 2.24. The molecule has 0 N–H and O–H groups in total. The Morgan fingerprint density at radius 2 is 2.57 bits per heavy atom. The van der Waals surface area contributed by atoms with Gasteiger partial charge in [-0.1, -0.05) is 13.5 Å². The van der Waals surface area contributed by atoms with Crippen LogP contribution in [0.4, 0.5) is 0 Å². The Kier molecular flexibility index (Phi) is 3.45. The molecule has 0 fully saturated rings. The van der Waals surface area contributed by atoms with E-state index in [0.29, 0.717) is 18.4 Å². The van der Waals surface area contributed by atoms with Crippen molar-refractivity contribution >= 4 is 0 Å². The quantitative estimate of drug-likeness (QED) is 0.393. The molecule has 0 bridgehead atoms. The molecule has 1 unspecified atom stereocenters. The molecule has 1 aliphatic rings. The first kappa shape index (κ1) is 10.5. The normalized spacial score (nSPS) is 21.4. The summed E-state index contributed by atoms with van der Waals surface area (Å²) in [6.45, 7) is 5.33. The van der Waals surface area contributed by atoms with Crippen LogP contribution in [-0.4, -0.2) is 11.0 Å². The average molecular weight is 195 g/mol. The Hall–Kier alpha value is -1.58. The van der Waals surface area contributed by atoms with Gasteiger partial charge in [0.15, 0.2) is 0 Å². The van der Waals surface area contributed by atoms with Crippen LogP contribution >= 0.6 is 0 Å². The lowest BCUT2D eigenvalue weighted by atomic mass is 10.0. The molecule has 0 saturated carbocycles. The van der Waals surface area contributed by atoms with E-state index in [-0.39, 0.29) is 11.8 Å². The van der Waals surface area contributed by atoms with Crippen molar-refractivity contribution in [2.45, 2.75) is 25.9 Å². The Balaban J connectivity index is 2.96. The minimum absolute atomic E-state index is 0.0706. The summed E-state index contributed by atoms with van der Waals surface area (Å²) in [7, 11) is 0. The number of hydrogen-bond donors (Lipinski definition) is 0. The van der Waals surface area contributed by atoms with Gasteiger partial charge in [-0.25, -0.2) is 0 Å². The highest BCUT2D eigenvalue weighted by atomic mass is 16.6. The van der Waals surface area contributed by atoms with E-state index >= 15 is 0 Å². The van der Waals surface area contributed by atoms with Gasteiger partial charge in [-0.15, -0.1) is 0 Å². The second kappa shape index (κ2) is 4.60. The van der Waals surface area contributed by atoms with Crippen LogP contribution in [0.3, 0.4) is 0 Å². The van der Waals surface area contributed by atoms with Gasteiger partial charge in [0.05, 0.1) is 11.2 Å². The van der Waals surface area contributed by atoms with Crippen molar-refractivity contribution in [3.63, 3.8) is 0 Å². The fraction of sp³-hybridized carbons (Fsp3) is 0.400. The van der Waals surface area contributed by atoms with Gasteiger partial charge in [0.2, 0.25) is 0 Å². The summed E-state index contributed by atoms with van der Waals surface area (Å²) in [5.41, 5.74) is 0.774. The predicted molar refractivity (Wildman–Crippen MR) is 53.1 cm³/mol. The van der Waals surface area contributed by atoms with Gasteiger partial charge in [0, 0.05) is 18.1 Å². The third kappa shape index (κ3) is 2.02. The lowest BCUT2D eigenvalue weighted by molar-refractivity contribution is -0.420. The van der Waals surface area contributed by atoms with Crippen LogP contribution in [0.2, 0.25) is 0 Å². The maximum atomic E-state index is 10.7. The van der Waals surface area contributed by atoms with E-state index in [1.807, 2.05) is 13.0 Å². The van der Waals surface area contributed by atoms with Gasteiger partial charge in [-0.2, -0.15) is 0 Å². The van der Waals surface area contributed by atoms with Crippen molar-refractivity contribution in [2.24, 2.45) is 0 Å². The number of ether oxygens (including phenoxy) is 1. The van der Waals surface area contributed by atoms with E-state index in [1.54, 1.807) is 6.26 Å². The largest absolute Gasteiger partial charge is 0.493 e. The van der Waals surface area contributed by atoms with Gasteiger partial charge in [0.1, 0.15) is 6.10 Å². The van der Waals surface area contributed by atoms with Crippen molar-refractivity contribution in [2.75, 3.05) is 0 Å². The minimum atomic E-state index is -0.409. The molecule has 0 saturated heterocycles. The van der Waals surface area contributed by atoms with Crippen molar-refractivity contribution in [3.8, 4) is 0 Å². The molecule has 1 aliphatic heterocycles. The fourth-order valence-electron chi connectivity index (χ4n) is 1.51. The highest BCUT2D eigenvalue weighted by molar-refractivity contribution is 5.23. The van der Waals surface area contributed by atoms with Crippen molar-refractivity contribution < 1.29 is 9.66 Å². The van der Waals surface area contributed by atoms with Crippen LogP contribution in [0.5, 0.6) is 0 Å². The van der Waals surface area contributed by atoms with Crippen LogP contribution in [0.1, 0.15) is 19.8 Å². The fourth-order valence-corrected chi connectivity index (χ4v) is 1.51. The second-order valence-corrected chi connectivity index (χ2v) is 2.96. The molecule has 0 spiro atoms. The van der Waals surface area contributed by atoms with Crippen LogP contribution < -0.4 is 0 Å². The summed E-state index contributed by atoms with van der Waals surface area (Å²) in [5, 5.41) is 10.7. The smallest absolute Gasteiger partial charge is 0.271 e. The summed E-state index contributed by atoms with van der Waals surface area (Å²) in [6.07, 6.45) is 5.85. The second-order valence-electron chi connectivity index (χ2n) is 2.96. The van der Waals surface area contributed by atoms with E-state index < -0.39 is 4.92 Å². The Bertz CT molecular complexity index is 296. The molecule has 4 nitrogen and oxygen atoms in total. The molecule has 0 radical (unpaired) electrons. The predicted octanol–water partition coefficient (Wildman–Crippen LogP) is 2.42. The van der Waals surface area contributed by atoms with E-state index in [4.69, 9.17) is 4.74 Å². The number of nitrogens with zero attached hydrogens (tertiary/aromatic N) is 1. The van der Waals surface area contributed by atoms with Gasteiger partial charge < -0.3 is 4.74 Å². The molecule has 1 heterocycles. The van der Waals surface area contributed by atoms with Gasteiger partial charge in [0.25, 0.3) is 5.70 Å². The zero-order valence-electron chi connectivity index (χ0n) is 8.10. The molecule has 14 heavy (non-hydrogen) atoms. The Labute approximate surface area is 82.7 Å². The zero-order valence-corrected chi connectivity index (χ0v) is 8.10. The SMILES string of the molecule is C=C/C(=C(\CC)C1CC=CO1)[N+](=O)[O-]. The molecular formula is C10H13NO3. The highest BCUT2D eigenvalue weighted by Crippen LogP contribution is 2.24. The Morgan fingerprint density at radius 3 is 2.93 bits per heavy atom. The molecule has 0 aromatic rings. The molecule has 0 aromatic heterocycles. The lowest BCUT2D eigenvalue weighted by Crippen LogP contribution is -2.13. The monoisotopic (exact) mass is 195 g/mol. The number of nitro groups is 1. The molecule has 1 rings (SSSR count). The first-order chi connectivity index (χ1) is 6.70. The number of hydrogen-bond acceptors (Lipinski definition) is 3. The van der Waals surface area contributed by atoms with Gasteiger partial charge in [-0.05, 0) is 12.5 Å². The van der Waals surface area contributed by atoms with E-state index in [9.17, 15) is 10.1 Å². The third-order valence-corrected chi connectivity index (χ3v) is 2.18. The standard InChI is InChI=1S/C10H13NO3/c1-3-8(9(4-2)11(12)13)10-6-5-7-14-10/h4-5,7,10H,2-3,6H2,1H3/b9-8-. The topological polar surface area (TPSA) is 52.4 Å². The van der Waals surface area contributed by atoms with E-state index in [1.165, 1.54) is 6.08 Å². The lowest BCUT2D eigenvalue weighted by Gasteiger charge is -2.12. The Morgan fingerprint density at radius 1 is 1.86 bits per heavy atom. The van der Waals surface area contributed by atoms with Crippen LogP contribution in [0.25, 0.3) is 0 Å². The molecule has 0 aromatic carbocycles. The molecule has 0 aliphatic carbocycles. The average Bonchev–Trinajstić information content (AvgIpc) is 2.65. The number of allylic oxidation sites excluding steroid dienone is 1. The maximum absolute atomic E-state index is 10.7. The van der Waals surface area contributed by atoms with E-state index in [0.717, 1.165) is 0 Å². The van der Waals surface area contributed by atoms with Crippen LogP contribution in [-0.2, 0) is 4.74 Å². The first-order valence-corrected chi connectivity index (χ1v) is 4.51. The molecule has 4 heteroatoms.